The van der Waals surface area contributed by atoms with Gasteiger partial charge in [0.1, 0.15) is 5.60 Å². The van der Waals surface area contributed by atoms with E-state index in [1.807, 2.05) is 27.8 Å². The Balaban J connectivity index is 2.27. The molecule has 0 spiro atoms. The molecular formula is C12H24N2O2. The fourth-order valence-electron chi connectivity index (χ4n) is 1.71. The number of nitrogens with one attached hydrogen (secondary N) is 2. The van der Waals surface area contributed by atoms with Gasteiger partial charge < -0.3 is 15.4 Å². The van der Waals surface area contributed by atoms with Crippen molar-refractivity contribution in [1.29, 1.82) is 0 Å². The molecular weight excluding hydrogens is 204 g/mol. The van der Waals surface area contributed by atoms with Gasteiger partial charge in [-0.2, -0.15) is 0 Å². The van der Waals surface area contributed by atoms with E-state index in [0.29, 0.717) is 0 Å². The number of alkyl carbamates (subject to hydrolysis) is 1. The zero-order chi connectivity index (χ0) is 12.2. The molecule has 94 valence electrons. The summed E-state index contributed by atoms with van der Waals surface area (Å²) >= 11 is 0. The lowest BCUT2D eigenvalue weighted by molar-refractivity contribution is 0.0493. The molecule has 0 heterocycles. The molecule has 0 atom stereocenters. The van der Waals surface area contributed by atoms with Gasteiger partial charge in [0.15, 0.2) is 0 Å². The smallest absolute Gasteiger partial charge is 0.408 e. The lowest BCUT2D eigenvalue weighted by Crippen LogP contribution is -2.40. The fourth-order valence-corrected chi connectivity index (χ4v) is 1.71. The SMILES string of the molecule is CNCCCC1(NC(=O)OC(C)(C)C)CC1. The second-order valence-corrected chi connectivity index (χ2v) is 5.61. The predicted octanol–water partition coefficient (Wildman–Crippen LogP) is 2.04. The van der Waals surface area contributed by atoms with Crippen LogP contribution in [0.4, 0.5) is 4.79 Å². The number of carbonyl (C=O) groups is 1. The molecule has 1 saturated carbocycles. The molecule has 0 unspecified atom stereocenters. The third-order valence-corrected chi connectivity index (χ3v) is 2.70. The van der Waals surface area contributed by atoms with Crippen molar-refractivity contribution in [3.63, 3.8) is 0 Å². The van der Waals surface area contributed by atoms with Crippen LogP contribution in [-0.2, 0) is 4.74 Å². The van der Waals surface area contributed by atoms with Gasteiger partial charge in [-0.25, -0.2) is 4.79 Å². The zero-order valence-corrected chi connectivity index (χ0v) is 10.9. The molecule has 16 heavy (non-hydrogen) atoms. The van der Waals surface area contributed by atoms with Crippen LogP contribution in [0, 0.1) is 0 Å². The molecule has 1 fully saturated rings. The first-order valence-corrected chi connectivity index (χ1v) is 6.03. The summed E-state index contributed by atoms with van der Waals surface area (Å²) in [6, 6.07) is 0. The molecule has 0 aromatic rings. The summed E-state index contributed by atoms with van der Waals surface area (Å²) in [5, 5.41) is 6.11. The molecule has 2 N–H and O–H groups in total. The van der Waals surface area contributed by atoms with Gasteiger partial charge in [-0.3, -0.25) is 0 Å². The number of hydrogen-bond donors (Lipinski definition) is 2. The number of rotatable bonds is 5. The van der Waals surface area contributed by atoms with Crippen LogP contribution in [0.1, 0.15) is 46.5 Å². The first-order chi connectivity index (χ1) is 7.37. The van der Waals surface area contributed by atoms with Crippen molar-refractivity contribution in [2.75, 3.05) is 13.6 Å². The number of amides is 1. The number of carbonyl (C=O) groups excluding carboxylic acids is 1. The minimum Gasteiger partial charge on any atom is -0.444 e. The molecule has 0 aliphatic heterocycles. The van der Waals surface area contributed by atoms with Crippen molar-refractivity contribution in [3.05, 3.63) is 0 Å². The van der Waals surface area contributed by atoms with Crippen LogP contribution in [-0.4, -0.2) is 30.8 Å². The summed E-state index contributed by atoms with van der Waals surface area (Å²) in [6.07, 6.45) is 4.00. The van der Waals surface area contributed by atoms with Crippen LogP contribution in [0.2, 0.25) is 0 Å². The first-order valence-electron chi connectivity index (χ1n) is 6.03. The van der Waals surface area contributed by atoms with Crippen LogP contribution >= 0.6 is 0 Å². The van der Waals surface area contributed by atoms with Crippen LogP contribution in [0.5, 0.6) is 0 Å². The predicted molar refractivity (Wildman–Crippen MR) is 64.5 cm³/mol. The molecule has 0 bridgehead atoms. The van der Waals surface area contributed by atoms with Crippen LogP contribution in [0.3, 0.4) is 0 Å². The highest BCUT2D eigenvalue weighted by Crippen LogP contribution is 2.39. The Hall–Kier alpha value is -0.770. The summed E-state index contributed by atoms with van der Waals surface area (Å²) in [7, 11) is 1.95. The molecule has 1 rings (SSSR count). The summed E-state index contributed by atoms with van der Waals surface area (Å²) < 4.78 is 5.25. The third-order valence-electron chi connectivity index (χ3n) is 2.70. The van der Waals surface area contributed by atoms with E-state index in [2.05, 4.69) is 10.6 Å². The molecule has 0 radical (unpaired) electrons. The maximum Gasteiger partial charge on any atom is 0.408 e. The Morgan fingerprint density at radius 3 is 2.44 bits per heavy atom. The molecule has 1 aliphatic rings. The monoisotopic (exact) mass is 228 g/mol. The summed E-state index contributed by atoms with van der Waals surface area (Å²) in [5.41, 5.74) is -0.385. The number of ether oxygens (including phenoxy) is 1. The quantitative estimate of drug-likeness (QED) is 0.708. The van der Waals surface area contributed by atoms with Gasteiger partial charge in [0, 0.05) is 5.54 Å². The molecule has 4 heteroatoms. The summed E-state index contributed by atoms with van der Waals surface area (Å²) in [5.74, 6) is 0. The normalized spacial score (nSPS) is 18.0. The van der Waals surface area contributed by atoms with Crippen molar-refractivity contribution in [2.45, 2.75) is 57.6 Å². The van der Waals surface area contributed by atoms with Gasteiger partial charge in [-0.05, 0) is 60.0 Å². The summed E-state index contributed by atoms with van der Waals surface area (Å²) in [6.45, 7) is 6.64. The molecule has 0 saturated heterocycles. The molecule has 0 aromatic heterocycles. The van der Waals surface area contributed by atoms with E-state index >= 15 is 0 Å². The van der Waals surface area contributed by atoms with E-state index in [4.69, 9.17) is 4.74 Å². The Kier molecular flexibility index (Phi) is 4.19. The lowest BCUT2D eigenvalue weighted by atomic mass is 10.1. The fraction of sp³-hybridized carbons (Fsp3) is 0.917. The second kappa shape index (κ2) is 5.04. The highest BCUT2D eigenvalue weighted by molar-refractivity contribution is 5.69. The Morgan fingerprint density at radius 2 is 2.00 bits per heavy atom. The third kappa shape index (κ3) is 4.84. The average molecular weight is 228 g/mol. The minimum atomic E-state index is -0.412. The molecule has 1 aliphatic carbocycles. The maximum atomic E-state index is 11.6. The Bertz CT molecular complexity index is 242. The van der Waals surface area contributed by atoms with E-state index in [0.717, 1.165) is 32.2 Å². The zero-order valence-electron chi connectivity index (χ0n) is 10.9. The van der Waals surface area contributed by atoms with Crippen molar-refractivity contribution < 1.29 is 9.53 Å². The van der Waals surface area contributed by atoms with E-state index in [9.17, 15) is 4.79 Å². The van der Waals surface area contributed by atoms with Crippen molar-refractivity contribution in [2.24, 2.45) is 0 Å². The Labute approximate surface area is 98.1 Å². The molecule has 0 aromatic carbocycles. The van der Waals surface area contributed by atoms with E-state index in [1.54, 1.807) is 0 Å². The van der Waals surface area contributed by atoms with E-state index in [1.165, 1.54) is 0 Å². The van der Waals surface area contributed by atoms with Crippen LogP contribution in [0.15, 0.2) is 0 Å². The molecule has 1 amide bonds. The summed E-state index contributed by atoms with van der Waals surface area (Å²) in [4.78, 5) is 11.6. The number of hydrogen-bond acceptors (Lipinski definition) is 3. The topological polar surface area (TPSA) is 50.4 Å². The highest BCUT2D eigenvalue weighted by atomic mass is 16.6. The van der Waals surface area contributed by atoms with Crippen molar-refractivity contribution in [1.82, 2.24) is 10.6 Å². The van der Waals surface area contributed by atoms with E-state index in [-0.39, 0.29) is 11.6 Å². The second-order valence-electron chi connectivity index (χ2n) is 5.61. The van der Waals surface area contributed by atoms with Gasteiger partial charge in [-0.1, -0.05) is 0 Å². The average Bonchev–Trinajstić information content (AvgIpc) is 2.82. The van der Waals surface area contributed by atoms with Crippen LogP contribution in [0.25, 0.3) is 0 Å². The van der Waals surface area contributed by atoms with Gasteiger partial charge in [-0.15, -0.1) is 0 Å². The minimum absolute atomic E-state index is 0.0270. The lowest BCUT2D eigenvalue weighted by Gasteiger charge is -2.23. The van der Waals surface area contributed by atoms with Gasteiger partial charge in [0.05, 0.1) is 0 Å². The van der Waals surface area contributed by atoms with Gasteiger partial charge in [0.25, 0.3) is 0 Å². The maximum absolute atomic E-state index is 11.6. The Morgan fingerprint density at radius 1 is 1.38 bits per heavy atom. The first kappa shape index (κ1) is 13.3. The molecule has 4 nitrogen and oxygen atoms in total. The highest BCUT2D eigenvalue weighted by Gasteiger charge is 2.44. The van der Waals surface area contributed by atoms with Crippen LogP contribution < -0.4 is 10.6 Å². The van der Waals surface area contributed by atoms with E-state index < -0.39 is 5.60 Å². The van der Waals surface area contributed by atoms with Gasteiger partial charge >= 0.3 is 6.09 Å². The van der Waals surface area contributed by atoms with Crippen molar-refractivity contribution >= 4 is 6.09 Å². The standard InChI is InChI=1S/C12H24N2O2/c1-11(2,3)16-10(15)14-12(7-8-12)6-5-9-13-4/h13H,5-9H2,1-4H3,(H,14,15). The van der Waals surface area contributed by atoms with Crippen molar-refractivity contribution in [3.8, 4) is 0 Å². The largest absolute Gasteiger partial charge is 0.444 e. The van der Waals surface area contributed by atoms with Gasteiger partial charge in [0.2, 0.25) is 0 Å².